The number of thioether (sulfide) groups is 1. The van der Waals surface area contributed by atoms with Crippen LogP contribution in [0.2, 0.25) is 0 Å². The van der Waals surface area contributed by atoms with Crippen LogP contribution in [0.15, 0.2) is 4.52 Å². The Balaban J connectivity index is 2.12. The van der Waals surface area contributed by atoms with Gasteiger partial charge in [0, 0.05) is 18.1 Å². The van der Waals surface area contributed by atoms with E-state index in [1.54, 1.807) is 0 Å². The molecule has 0 aliphatic carbocycles. The van der Waals surface area contributed by atoms with E-state index in [1.807, 2.05) is 11.8 Å². The van der Waals surface area contributed by atoms with Crippen molar-refractivity contribution in [3.8, 4) is 0 Å². The Kier molecular flexibility index (Phi) is 3.05. The molecule has 1 atom stereocenters. The molecule has 1 saturated heterocycles. The van der Waals surface area contributed by atoms with Gasteiger partial charge in [-0.05, 0) is 7.05 Å². The average molecular weight is 214 g/mol. The minimum atomic E-state index is 0.276. The number of nitrogens with two attached hydrogens (primary N) is 1. The second kappa shape index (κ2) is 4.29. The van der Waals surface area contributed by atoms with Crippen molar-refractivity contribution < 1.29 is 4.52 Å². The quantitative estimate of drug-likeness (QED) is 0.761. The molecule has 0 amide bonds. The Hall–Kier alpha value is -0.590. The first-order valence-electron chi connectivity index (χ1n) is 4.62. The summed E-state index contributed by atoms with van der Waals surface area (Å²) in [6.45, 7) is 1.39. The van der Waals surface area contributed by atoms with Gasteiger partial charge in [-0.2, -0.15) is 16.7 Å². The molecule has 1 aromatic rings. The van der Waals surface area contributed by atoms with E-state index >= 15 is 0 Å². The van der Waals surface area contributed by atoms with Crippen LogP contribution in [0.3, 0.4) is 0 Å². The first-order chi connectivity index (χ1) is 6.81. The third-order valence-electron chi connectivity index (χ3n) is 2.35. The molecule has 2 rings (SSSR count). The van der Waals surface area contributed by atoms with Crippen molar-refractivity contribution in [2.75, 3.05) is 25.1 Å². The lowest BCUT2D eigenvalue weighted by molar-refractivity contribution is 0.256. The summed E-state index contributed by atoms with van der Waals surface area (Å²) in [5.74, 6) is 3.48. The van der Waals surface area contributed by atoms with Gasteiger partial charge in [-0.3, -0.25) is 4.90 Å². The van der Waals surface area contributed by atoms with E-state index in [0.29, 0.717) is 12.4 Å². The highest BCUT2D eigenvalue weighted by atomic mass is 32.2. The van der Waals surface area contributed by atoms with Gasteiger partial charge in [0.1, 0.15) is 0 Å². The normalized spacial score (nSPS) is 24.0. The molecule has 0 saturated carbocycles. The van der Waals surface area contributed by atoms with Gasteiger partial charge in [0.25, 0.3) is 0 Å². The van der Waals surface area contributed by atoms with Crippen molar-refractivity contribution >= 4 is 11.8 Å². The van der Waals surface area contributed by atoms with Gasteiger partial charge in [-0.15, -0.1) is 0 Å². The highest BCUT2D eigenvalue weighted by Crippen LogP contribution is 2.25. The van der Waals surface area contributed by atoms with Crippen LogP contribution in [0.4, 0.5) is 0 Å². The highest BCUT2D eigenvalue weighted by Gasteiger charge is 2.25. The number of rotatable bonds is 2. The van der Waals surface area contributed by atoms with E-state index in [-0.39, 0.29) is 6.04 Å². The number of aromatic nitrogens is 2. The van der Waals surface area contributed by atoms with Gasteiger partial charge < -0.3 is 10.3 Å². The lowest BCUT2D eigenvalue weighted by Gasteiger charge is -2.29. The van der Waals surface area contributed by atoms with Gasteiger partial charge in [0.15, 0.2) is 5.82 Å². The van der Waals surface area contributed by atoms with Gasteiger partial charge in [-0.25, -0.2) is 0 Å². The molecule has 2 N–H and O–H groups in total. The zero-order chi connectivity index (χ0) is 9.97. The van der Waals surface area contributed by atoms with Gasteiger partial charge in [-0.1, -0.05) is 5.16 Å². The molecule has 1 unspecified atom stereocenters. The average Bonchev–Trinajstić information content (AvgIpc) is 2.67. The summed E-state index contributed by atoms with van der Waals surface area (Å²) >= 11 is 1.92. The lowest BCUT2D eigenvalue weighted by atomic mass is 10.3. The Labute approximate surface area is 87.0 Å². The zero-order valence-corrected chi connectivity index (χ0v) is 8.96. The molecule has 0 spiro atoms. The molecule has 1 fully saturated rings. The van der Waals surface area contributed by atoms with Crippen molar-refractivity contribution in [2.45, 2.75) is 12.6 Å². The number of hydrogen-bond acceptors (Lipinski definition) is 6. The first kappa shape index (κ1) is 9.95. The summed E-state index contributed by atoms with van der Waals surface area (Å²) < 4.78 is 4.99. The number of nitrogens with zero attached hydrogens (tertiary/aromatic N) is 3. The van der Waals surface area contributed by atoms with Crippen molar-refractivity contribution in [2.24, 2.45) is 5.73 Å². The van der Waals surface area contributed by atoms with Crippen molar-refractivity contribution in [3.63, 3.8) is 0 Å². The van der Waals surface area contributed by atoms with Crippen LogP contribution >= 0.6 is 11.8 Å². The molecule has 1 aromatic heterocycles. The van der Waals surface area contributed by atoms with E-state index in [2.05, 4.69) is 22.1 Å². The second-order valence-electron chi connectivity index (χ2n) is 3.32. The van der Waals surface area contributed by atoms with Crippen LogP contribution in [0, 0.1) is 0 Å². The molecule has 6 heteroatoms. The fourth-order valence-corrected chi connectivity index (χ4v) is 2.66. The fraction of sp³-hybridized carbons (Fsp3) is 0.750. The topological polar surface area (TPSA) is 68.2 Å². The van der Waals surface area contributed by atoms with Crippen LogP contribution in [0.5, 0.6) is 0 Å². The maximum Gasteiger partial charge on any atom is 0.240 e. The van der Waals surface area contributed by atoms with Gasteiger partial charge >= 0.3 is 0 Å². The summed E-state index contributed by atoms with van der Waals surface area (Å²) in [7, 11) is 2.09. The molecule has 0 aromatic carbocycles. The van der Waals surface area contributed by atoms with Crippen LogP contribution in [-0.4, -0.2) is 40.1 Å². The standard InChI is InChI=1S/C8H14N4OS/c1-12-2-3-14-5-6(12)8-10-7(4-9)13-11-8/h6H,2-5,9H2,1H3. The predicted octanol–water partition coefficient (Wildman–Crippen LogP) is 0.248. The predicted molar refractivity (Wildman–Crippen MR) is 54.9 cm³/mol. The Morgan fingerprint density at radius 3 is 3.21 bits per heavy atom. The monoisotopic (exact) mass is 214 g/mol. The van der Waals surface area contributed by atoms with E-state index in [9.17, 15) is 0 Å². The van der Waals surface area contributed by atoms with Crippen molar-refractivity contribution in [3.05, 3.63) is 11.7 Å². The van der Waals surface area contributed by atoms with E-state index in [0.717, 1.165) is 18.1 Å². The Morgan fingerprint density at radius 1 is 1.71 bits per heavy atom. The maximum atomic E-state index is 5.41. The van der Waals surface area contributed by atoms with Crippen LogP contribution in [0.1, 0.15) is 17.8 Å². The molecule has 14 heavy (non-hydrogen) atoms. The van der Waals surface area contributed by atoms with Crippen LogP contribution in [-0.2, 0) is 6.54 Å². The molecule has 2 heterocycles. The highest BCUT2D eigenvalue weighted by molar-refractivity contribution is 7.99. The summed E-state index contributed by atoms with van der Waals surface area (Å²) in [4.78, 5) is 6.50. The molecule has 1 aliphatic heterocycles. The molecule has 0 radical (unpaired) electrons. The second-order valence-corrected chi connectivity index (χ2v) is 4.47. The zero-order valence-electron chi connectivity index (χ0n) is 8.14. The smallest absolute Gasteiger partial charge is 0.240 e. The molecule has 0 bridgehead atoms. The lowest BCUT2D eigenvalue weighted by Crippen LogP contribution is -2.33. The third kappa shape index (κ3) is 1.92. The van der Waals surface area contributed by atoms with E-state index in [1.165, 1.54) is 5.75 Å². The molecule has 5 nitrogen and oxygen atoms in total. The molecule has 1 aliphatic rings. The summed E-state index contributed by atoms with van der Waals surface area (Å²) in [6.07, 6.45) is 0. The van der Waals surface area contributed by atoms with Gasteiger partial charge in [0.05, 0.1) is 12.6 Å². The summed E-state index contributed by atoms with van der Waals surface area (Å²) in [6, 6.07) is 0.276. The first-order valence-corrected chi connectivity index (χ1v) is 5.77. The third-order valence-corrected chi connectivity index (χ3v) is 3.38. The molecular formula is C8H14N4OS. The summed E-state index contributed by atoms with van der Waals surface area (Å²) in [5, 5.41) is 3.94. The van der Waals surface area contributed by atoms with E-state index in [4.69, 9.17) is 10.3 Å². The Bertz CT molecular complexity index is 303. The minimum absolute atomic E-state index is 0.276. The maximum absolute atomic E-state index is 5.41. The van der Waals surface area contributed by atoms with Crippen molar-refractivity contribution in [1.29, 1.82) is 0 Å². The SMILES string of the molecule is CN1CCSCC1c1noc(CN)n1. The number of hydrogen-bond donors (Lipinski definition) is 1. The largest absolute Gasteiger partial charge is 0.338 e. The van der Waals surface area contributed by atoms with Crippen LogP contribution in [0.25, 0.3) is 0 Å². The van der Waals surface area contributed by atoms with Crippen LogP contribution < -0.4 is 5.73 Å². The molecular weight excluding hydrogens is 200 g/mol. The minimum Gasteiger partial charge on any atom is -0.338 e. The van der Waals surface area contributed by atoms with Gasteiger partial charge in [0.2, 0.25) is 5.89 Å². The fourth-order valence-electron chi connectivity index (χ4n) is 1.44. The Morgan fingerprint density at radius 2 is 2.57 bits per heavy atom. The molecule has 78 valence electrons. The van der Waals surface area contributed by atoms with E-state index < -0.39 is 0 Å². The summed E-state index contributed by atoms with van der Waals surface area (Å²) in [5.41, 5.74) is 5.41. The van der Waals surface area contributed by atoms with Crippen molar-refractivity contribution in [1.82, 2.24) is 15.0 Å².